The predicted molar refractivity (Wildman–Crippen MR) is 141 cm³/mol. The molecule has 0 radical (unpaired) electrons. The third-order valence-electron chi connectivity index (χ3n) is 5.68. The number of pyridine rings is 1. The highest BCUT2D eigenvalue weighted by Crippen LogP contribution is 2.37. The van der Waals surface area contributed by atoms with E-state index >= 15 is 0 Å². The van der Waals surface area contributed by atoms with E-state index < -0.39 is 12.0 Å². The van der Waals surface area contributed by atoms with Crippen LogP contribution in [0.25, 0.3) is 10.9 Å². The molecule has 1 amide bonds. The molecular weight excluding hydrogens is 490 g/mol. The first-order valence-electron chi connectivity index (χ1n) is 11.7. The number of carboxylic acids is 1. The second-order valence-corrected chi connectivity index (χ2v) is 8.22. The van der Waals surface area contributed by atoms with Gasteiger partial charge in [0.05, 0.1) is 26.3 Å². The van der Waals surface area contributed by atoms with Crippen LogP contribution in [-0.2, 0) is 4.79 Å². The Balaban J connectivity index is 1.46. The number of methoxy groups -OCH3 is 2. The van der Waals surface area contributed by atoms with Crippen molar-refractivity contribution < 1.29 is 33.6 Å². The first-order valence-corrected chi connectivity index (χ1v) is 11.7. The molecule has 1 aromatic heterocycles. The highest BCUT2D eigenvalue weighted by Gasteiger charge is 2.15. The van der Waals surface area contributed by atoms with Gasteiger partial charge in [-0.15, -0.1) is 0 Å². The Bertz CT molecular complexity index is 1420. The number of anilines is 1. The molecule has 0 saturated carbocycles. The molecule has 0 aliphatic carbocycles. The van der Waals surface area contributed by atoms with Crippen molar-refractivity contribution in [2.45, 2.75) is 12.5 Å². The average molecular weight is 518 g/mol. The lowest BCUT2D eigenvalue weighted by Gasteiger charge is -2.15. The van der Waals surface area contributed by atoms with Crippen molar-refractivity contribution in [3.8, 4) is 28.7 Å². The van der Waals surface area contributed by atoms with Crippen LogP contribution in [-0.4, -0.2) is 48.8 Å². The number of benzene rings is 3. The number of ether oxygens (including phenoxy) is 4. The Morgan fingerprint density at radius 2 is 1.63 bits per heavy atom. The van der Waals surface area contributed by atoms with E-state index in [0.29, 0.717) is 50.9 Å². The number of rotatable bonds is 11. The van der Waals surface area contributed by atoms with E-state index in [9.17, 15) is 9.59 Å². The molecular formula is C28H27N3O7. The number of aromatic nitrogens is 1. The van der Waals surface area contributed by atoms with E-state index in [0.717, 1.165) is 0 Å². The third-order valence-corrected chi connectivity index (χ3v) is 5.68. The van der Waals surface area contributed by atoms with Crippen molar-refractivity contribution in [2.75, 3.05) is 26.1 Å². The number of amides is 1. The summed E-state index contributed by atoms with van der Waals surface area (Å²) in [6, 6.07) is 18.0. The first kappa shape index (κ1) is 26.2. The van der Waals surface area contributed by atoms with Gasteiger partial charge in [0, 0.05) is 35.3 Å². The number of hydrogen-bond donors (Lipinski definition) is 3. The Hall–Kier alpha value is -4.83. The molecule has 0 bridgehead atoms. The first-order chi connectivity index (χ1) is 18.4. The number of carbonyl (C=O) groups is 2. The molecule has 1 atom stereocenters. The van der Waals surface area contributed by atoms with Crippen LogP contribution in [0, 0.1) is 0 Å². The topological polar surface area (TPSA) is 142 Å². The number of fused-ring (bicyclic) bond motifs is 1. The minimum atomic E-state index is -1.09. The lowest BCUT2D eigenvalue weighted by Crippen LogP contribution is -2.31. The maximum atomic E-state index is 12.5. The zero-order valence-corrected chi connectivity index (χ0v) is 20.8. The monoisotopic (exact) mass is 517 g/mol. The number of hydrogen-bond acceptors (Lipinski definition) is 8. The number of carbonyl (C=O) groups excluding carboxylic acids is 1. The fourth-order valence-electron chi connectivity index (χ4n) is 3.59. The lowest BCUT2D eigenvalue weighted by molar-refractivity contribution is -0.138. The summed E-state index contributed by atoms with van der Waals surface area (Å²) in [5.41, 5.74) is 7.27. The summed E-state index contributed by atoms with van der Waals surface area (Å²) in [5.74, 6) is 1.31. The minimum Gasteiger partial charge on any atom is -0.497 e. The summed E-state index contributed by atoms with van der Waals surface area (Å²) in [5, 5.41) is 12.5. The van der Waals surface area contributed by atoms with Gasteiger partial charge < -0.3 is 35.1 Å². The molecule has 0 aliphatic rings. The molecule has 0 unspecified atom stereocenters. The van der Waals surface area contributed by atoms with Crippen LogP contribution in [0.3, 0.4) is 0 Å². The van der Waals surface area contributed by atoms with E-state index in [2.05, 4.69) is 10.3 Å². The quantitative estimate of drug-likeness (QED) is 0.262. The molecule has 4 rings (SSSR count). The molecule has 4 N–H and O–H groups in total. The summed E-state index contributed by atoms with van der Waals surface area (Å²) in [6.45, 7) is 0.104. The SMILES string of the molecule is COc1ccc(C(=O)Nc2ccc(Oc3ccnc4cc(OCC[C@H](N)C(=O)O)c(OC)cc34)cc2)cc1. The van der Waals surface area contributed by atoms with E-state index in [1.807, 2.05) is 0 Å². The fraction of sp³-hybridized carbons (Fsp3) is 0.179. The number of nitrogens with zero attached hydrogens (tertiary/aromatic N) is 1. The summed E-state index contributed by atoms with van der Waals surface area (Å²) in [7, 11) is 3.08. The molecule has 0 spiro atoms. The second kappa shape index (κ2) is 11.9. The maximum absolute atomic E-state index is 12.5. The largest absolute Gasteiger partial charge is 0.497 e. The Kier molecular flexibility index (Phi) is 8.24. The maximum Gasteiger partial charge on any atom is 0.320 e. The van der Waals surface area contributed by atoms with E-state index in [1.54, 1.807) is 80.0 Å². The van der Waals surface area contributed by atoms with Crippen LogP contribution in [0.4, 0.5) is 5.69 Å². The van der Waals surface area contributed by atoms with Crippen molar-refractivity contribution in [3.63, 3.8) is 0 Å². The highest BCUT2D eigenvalue weighted by molar-refractivity contribution is 6.04. The molecule has 3 aromatic carbocycles. The van der Waals surface area contributed by atoms with E-state index in [1.165, 1.54) is 7.11 Å². The Morgan fingerprint density at radius 1 is 0.921 bits per heavy atom. The Morgan fingerprint density at radius 3 is 2.29 bits per heavy atom. The van der Waals surface area contributed by atoms with Crippen molar-refractivity contribution in [3.05, 3.63) is 78.5 Å². The minimum absolute atomic E-state index is 0.104. The molecule has 4 aromatic rings. The molecule has 38 heavy (non-hydrogen) atoms. The fourth-order valence-corrected chi connectivity index (χ4v) is 3.59. The second-order valence-electron chi connectivity index (χ2n) is 8.22. The van der Waals surface area contributed by atoms with Crippen molar-refractivity contribution in [2.24, 2.45) is 5.73 Å². The lowest BCUT2D eigenvalue weighted by atomic mass is 10.1. The van der Waals surface area contributed by atoms with Crippen molar-refractivity contribution in [1.82, 2.24) is 4.98 Å². The number of nitrogens with one attached hydrogen (secondary N) is 1. The molecule has 0 aliphatic heterocycles. The highest BCUT2D eigenvalue weighted by atomic mass is 16.5. The smallest absolute Gasteiger partial charge is 0.320 e. The summed E-state index contributed by atoms with van der Waals surface area (Å²) in [6.07, 6.45) is 1.75. The molecule has 10 nitrogen and oxygen atoms in total. The van der Waals surface area contributed by atoms with Gasteiger partial charge in [-0.2, -0.15) is 0 Å². The number of nitrogens with two attached hydrogens (primary N) is 1. The Labute approximate surface area is 218 Å². The van der Waals surface area contributed by atoms with Crippen LogP contribution in [0.2, 0.25) is 0 Å². The van der Waals surface area contributed by atoms with Gasteiger partial charge in [0.1, 0.15) is 23.3 Å². The van der Waals surface area contributed by atoms with Crippen LogP contribution in [0.15, 0.2) is 72.9 Å². The molecule has 0 fully saturated rings. The van der Waals surface area contributed by atoms with Gasteiger partial charge in [-0.3, -0.25) is 14.6 Å². The van der Waals surface area contributed by atoms with Gasteiger partial charge in [0.25, 0.3) is 5.91 Å². The summed E-state index contributed by atoms with van der Waals surface area (Å²) in [4.78, 5) is 27.8. The van der Waals surface area contributed by atoms with Crippen LogP contribution < -0.4 is 30.0 Å². The molecule has 10 heteroatoms. The standard InChI is InChI=1S/C28H27N3O7/c1-35-19-7-3-17(4-8-19)27(32)31-18-5-9-20(10-6-18)38-24-11-13-30-23-16-26(25(36-2)15-21(23)24)37-14-12-22(29)28(33)34/h3-11,13,15-16,22H,12,14,29H2,1-2H3,(H,31,32)(H,33,34)/t22-/m0/s1. The average Bonchev–Trinajstić information content (AvgIpc) is 2.93. The summed E-state index contributed by atoms with van der Waals surface area (Å²) >= 11 is 0. The predicted octanol–water partition coefficient (Wildman–Crippen LogP) is 4.48. The van der Waals surface area contributed by atoms with Gasteiger partial charge >= 0.3 is 5.97 Å². The van der Waals surface area contributed by atoms with E-state index in [-0.39, 0.29) is 18.9 Å². The van der Waals surface area contributed by atoms with Gasteiger partial charge in [0.2, 0.25) is 0 Å². The number of carboxylic acid groups (broad SMARTS) is 1. The third kappa shape index (κ3) is 6.29. The normalized spacial score (nSPS) is 11.4. The van der Waals surface area contributed by atoms with Gasteiger partial charge in [-0.05, 0) is 60.7 Å². The van der Waals surface area contributed by atoms with Crippen molar-refractivity contribution >= 4 is 28.5 Å². The van der Waals surface area contributed by atoms with E-state index in [4.69, 9.17) is 29.8 Å². The van der Waals surface area contributed by atoms with Gasteiger partial charge in [-0.1, -0.05) is 0 Å². The van der Waals surface area contributed by atoms with Gasteiger partial charge in [0.15, 0.2) is 11.5 Å². The van der Waals surface area contributed by atoms with Gasteiger partial charge in [-0.25, -0.2) is 0 Å². The molecule has 196 valence electrons. The van der Waals surface area contributed by atoms with Crippen LogP contribution >= 0.6 is 0 Å². The molecule has 1 heterocycles. The van der Waals surface area contributed by atoms with Crippen LogP contribution in [0.5, 0.6) is 28.7 Å². The number of aliphatic carboxylic acids is 1. The summed E-state index contributed by atoms with van der Waals surface area (Å²) < 4.78 is 22.4. The molecule has 0 saturated heterocycles. The van der Waals surface area contributed by atoms with Crippen molar-refractivity contribution in [1.29, 1.82) is 0 Å². The zero-order chi connectivity index (χ0) is 27.1. The van der Waals surface area contributed by atoms with Crippen LogP contribution in [0.1, 0.15) is 16.8 Å². The zero-order valence-electron chi connectivity index (χ0n) is 20.8.